The molecule has 2 aliphatic rings. The van der Waals surface area contributed by atoms with Crippen LogP contribution in [0.15, 0.2) is 0 Å². The van der Waals surface area contributed by atoms with Gasteiger partial charge in [0.2, 0.25) is 0 Å². The molecule has 2 rings (SSSR count). The topological polar surface area (TPSA) is 21.3 Å². The first-order valence-electron chi connectivity index (χ1n) is 5.11. The molecule has 1 N–H and O–H groups in total. The maximum Gasteiger partial charge on any atom is 0.0763 e. The summed E-state index contributed by atoms with van der Waals surface area (Å²) >= 11 is 0. The molecule has 2 nitrogen and oxygen atoms in total. The molecule has 0 aromatic carbocycles. The lowest BCUT2D eigenvalue weighted by atomic mass is 9.72. The molecule has 1 saturated carbocycles. The Balaban J connectivity index is 2.05. The maximum atomic E-state index is 5.54. The zero-order valence-corrected chi connectivity index (χ0v) is 7.94. The third-order valence-corrected chi connectivity index (χ3v) is 3.62. The van der Waals surface area contributed by atoms with E-state index in [4.69, 9.17) is 4.74 Å². The van der Waals surface area contributed by atoms with Gasteiger partial charge >= 0.3 is 0 Å². The van der Waals surface area contributed by atoms with Gasteiger partial charge in [-0.1, -0.05) is 19.3 Å². The number of hydrogen-bond donors (Lipinski definition) is 1. The molecule has 12 heavy (non-hydrogen) atoms. The SMILES string of the molecule is COC1CNCC12CCCCC2. The van der Waals surface area contributed by atoms with E-state index in [1.807, 2.05) is 7.11 Å². The summed E-state index contributed by atoms with van der Waals surface area (Å²) in [6.07, 6.45) is 7.47. The van der Waals surface area contributed by atoms with Gasteiger partial charge in [0.25, 0.3) is 0 Å². The highest BCUT2D eigenvalue weighted by Gasteiger charge is 2.43. The molecule has 0 bridgehead atoms. The molecule has 1 aliphatic heterocycles. The zero-order valence-electron chi connectivity index (χ0n) is 7.94. The quantitative estimate of drug-likeness (QED) is 0.643. The summed E-state index contributed by atoms with van der Waals surface area (Å²) in [6.45, 7) is 2.25. The molecule has 1 heterocycles. The minimum atomic E-state index is 0.484. The lowest BCUT2D eigenvalue weighted by Crippen LogP contribution is -2.37. The molecule has 1 saturated heterocycles. The number of rotatable bonds is 1. The standard InChI is InChI=1S/C10H19NO/c1-12-9-7-11-8-10(9)5-3-2-4-6-10/h9,11H,2-8H2,1H3. The van der Waals surface area contributed by atoms with Crippen LogP contribution in [0.5, 0.6) is 0 Å². The van der Waals surface area contributed by atoms with E-state index >= 15 is 0 Å². The lowest BCUT2D eigenvalue weighted by molar-refractivity contribution is 0.00250. The second-order valence-corrected chi connectivity index (χ2v) is 4.28. The average molecular weight is 169 g/mol. The summed E-state index contributed by atoms with van der Waals surface area (Å²) in [5.74, 6) is 0. The van der Waals surface area contributed by atoms with Crippen molar-refractivity contribution >= 4 is 0 Å². The summed E-state index contributed by atoms with van der Waals surface area (Å²) in [4.78, 5) is 0. The Bertz CT molecular complexity index is 152. The first-order chi connectivity index (χ1) is 5.87. The maximum absolute atomic E-state index is 5.54. The molecular weight excluding hydrogens is 150 g/mol. The summed E-state index contributed by atoms with van der Waals surface area (Å²) in [5.41, 5.74) is 0.507. The van der Waals surface area contributed by atoms with Gasteiger partial charge in [0.05, 0.1) is 6.10 Å². The van der Waals surface area contributed by atoms with Crippen LogP contribution in [0.1, 0.15) is 32.1 Å². The van der Waals surface area contributed by atoms with Crippen molar-refractivity contribution < 1.29 is 4.74 Å². The fraction of sp³-hybridized carbons (Fsp3) is 1.00. The lowest BCUT2D eigenvalue weighted by Gasteiger charge is -2.37. The molecule has 1 aliphatic carbocycles. The highest BCUT2D eigenvalue weighted by Crippen LogP contribution is 2.42. The van der Waals surface area contributed by atoms with Crippen LogP contribution in [0.2, 0.25) is 0 Å². The smallest absolute Gasteiger partial charge is 0.0763 e. The zero-order chi connectivity index (χ0) is 8.44. The van der Waals surface area contributed by atoms with Crippen molar-refractivity contribution in [1.29, 1.82) is 0 Å². The molecule has 0 radical (unpaired) electrons. The summed E-state index contributed by atoms with van der Waals surface area (Å²) < 4.78 is 5.54. The molecule has 0 aromatic rings. The van der Waals surface area contributed by atoms with E-state index in [2.05, 4.69) is 5.32 Å². The van der Waals surface area contributed by atoms with Crippen LogP contribution in [0, 0.1) is 5.41 Å². The van der Waals surface area contributed by atoms with Crippen LogP contribution in [0.4, 0.5) is 0 Å². The Morgan fingerprint density at radius 3 is 2.67 bits per heavy atom. The van der Waals surface area contributed by atoms with E-state index < -0.39 is 0 Å². The molecule has 1 unspecified atom stereocenters. The van der Waals surface area contributed by atoms with Crippen LogP contribution < -0.4 is 5.32 Å². The number of hydrogen-bond acceptors (Lipinski definition) is 2. The Hall–Kier alpha value is -0.0800. The van der Waals surface area contributed by atoms with Crippen molar-refractivity contribution in [2.75, 3.05) is 20.2 Å². The second kappa shape index (κ2) is 3.35. The third kappa shape index (κ3) is 1.27. The van der Waals surface area contributed by atoms with E-state index in [0.29, 0.717) is 11.5 Å². The van der Waals surface area contributed by atoms with Crippen molar-refractivity contribution in [3.05, 3.63) is 0 Å². The van der Waals surface area contributed by atoms with E-state index in [1.54, 1.807) is 0 Å². The van der Waals surface area contributed by atoms with Crippen LogP contribution in [-0.4, -0.2) is 26.3 Å². The first-order valence-corrected chi connectivity index (χ1v) is 5.11. The Morgan fingerprint density at radius 2 is 2.00 bits per heavy atom. The predicted octanol–water partition coefficient (Wildman–Crippen LogP) is 1.56. The van der Waals surface area contributed by atoms with Gasteiger partial charge in [-0.3, -0.25) is 0 Å². The minimum absolute atomic E-state index is 0.484. The monoisotopic (exact) mass is 169 g/mol. The Labute approximate surface area is 74.7 Å². The van der Waals surface area contributed by atoms with E-state index in [1.165, 1.54) is 38.6 Å². The van der Waals surface area contributed by atoms with Crippen LogP contribution in [-0.2, 0) is 4.74 Å². The van der Waals surface area contributed by atoms with Crippen LogP contribution in [0.3, 0.4) is 0 Å². The molecule has 2 fully saturated rings. The van der Waals surface area contributed by atoms with Gasteiger partial charge in [0.15, 0.2) is 0 Å². The summed E-state index contributed by atoms with van der Waals surface area (Å²) in [7, 11) is 1.86. The van der Waals surface area contributed by atoms with Crippen molar-refractivity contribution in [3.8, 4) is 0 Å². The number of ether oxygens (including phenoxy) is 1. The van der Waals surface area contributed by atoms with E-state index in [-0.39, 0.29) is 0 Å². The van der Waals surface area contributed by atoms with E-state index in [9.17, 15) is 0 Å². The van der Waals surface area contributed by atoms with Gasteiger partial charge < -0.3 is 10.1 Å². The van der Waals surface area contributed by atoms with Crippen LogP contribution in [0.25, 0.3) is 0 Å². The van der Waals surface area contributed by atoms with E-state index in [0.717, 1.165) is 6.54 Å². The average Bonchev–Trinajstić information content (AvgIpc) is 2.49. The van der Waals surface area contributed by atoms with Gasteiger partial charge in [-0.2, -0.15) is 0 Å². The van der Waals surface area contributed by atoms with Gasteiger partial charge in [0, 0.05) is 25.6 Å². The van der Waals surface area contributed by atoms with Crippen molar-refractivity contribution in [2.45, 2.75) is 38.2 Å². The Kier molecular flexibility index (Phi) is 2.37. The van der Waals surface area contributed by atoms with Crippen LogP contribution >= 0.6 is 0 Å². The highest BCUT2D eigenvalue weighted by molar-refractivity contribution is 4.97. The molecule has 0 amide bonds. The van der Waals surface area contributed by atoms with Gasteiger partial charge in [-0.05, 0) is 12.8 Å². The third-order valence-electron chi connectivity index (χ3n) is 3.62. The second-order valence-electron chi connectivity index (χ2n) is 4.28. The minimum Gasteiger partial charge on any atom is -0.380 e. The molecule has 70 valence electrons. The highest BCUT2D eigenvalue weighted by atomic mass is 16.5. The summed E-state index contributed by atoms with van der Waals surface area (Å²) in [6, 6.07) is 0. The first kappa shape index (κ1) is 8.52. The van der Waals surface area contributed by atoms with Gasteiger partial charge in [0.1, 0.15) is 0 Å². The Morgan fingerprint density at radius 1 is 1.25 bits per heavy atom. The number of nitrogens with one attached hydrogen (secondary N) is 1. The van der Waals surface area contributed by atoms with Crippen molar-refractivity contribution in [1.82, 2.24) is 5.32 Å². The number of methoxy groups -OCH3 is 1. The van der Waals surface area contributed by atoms with Gasteiger partial charge in [-0.25, -0.2) is 0 Å². The summed E-state index contributed by atoms with van der Waals surface area (Å²) in [5, 5.41) is 3.46. The normalized spacial score (nSPS) is 34.2. The van der Waals surface area contributed by atoms with Gasteiger partial charge in [-0.15, -0.1) is 0 Å². The largest absolute Gasteiger partial charge is 0.380 e. The predicted molar refractivity (Wildman–Crippen MR) is 49.2 cm³/mol. The van der Waals surface area contributed by atoms with Crippen molar-refractivity contribution in [3.63, 3.8) is 0 Å². The molecule has 0 aromatic heterocycles. The molecular formula is C10H19NO. The van der Waals surface area contributed by atoms with Crippen molar-refractivity contribution in [2.24, 2.45) is 5.41 Å². The molecule has 2 heteroatoms. The fourth-order valence-electron chi connectivity index (χ4n) is 2.87. The molecule has 1 spiro atoms. The molecule has 1 atom stereocenters. The fourth-order valence-corrected chi connectivity index (χ4v) is 2.87.